The summed E-state index contributed by atoms with van der Waals surface area (Å²) in [4.78, 5) is 40.5. The van der Waals surface area contributed by atoms with Crippen molar-refractivity contribution in [2.75, 3.05) is 18.1 Å². The van der Waals surface area contributed by atoms with Crippen molar-refractivity contribution in [2.45, 2.75) is 33.2 Å². The molecule has 0 aromatic heterocycles. The number of anilines is 1. The number of nitrogens with zero attached hydrogens (tertiary/aromatic N) is 1. The van der Waals surface area contributed by atoms with Crippen LogP contribution < -0.4 is 9.64 Å². The number of hydrogen-bond acceptors (Lipinski definition) is 7. The van der Waals surface area contributed by atoms with Crippen LogP contribution in [0.3, 0.4) is 0 Å². The molecule has 1 aliphatic rings. The summed E-state index contributed by atoms with van der Waals surface area (Å²) in [5.74, 6) is -1.96. The first-order valence-corrected chi connectivity index (χ1v) is 12.4. The number of ketones is 1. The molecule has 1 fully saturated rings. The minimum absolute atomic E-state index is 0.00788. The van der Waals surface area contributed by atoms with E-state index >= 15 is 0 Å². The van der Waals surface area contributed by atoms with Crippen molar-refractivity contribution in [3.05, 3.63) is 94.6 Å². The maximum absolute atomic E-state index is 13.4. The van der Waals surface area contributed by atoms with Gasteiger partial charge in [0.2, 0.25) is 0 Å². The van der Waals surface area contributed by atoms with E-state index in [9.17, 15) is 24.6 Å². The van der Waals surface area contributed by atoms with Crippen LogP contribution in [0.4, 0.5) is 5.69 Å². The third kappa shape index (κ3) is 5.11. The Kier molecular flexibility index (Phi) is 7.81. The molecule has 1 unspecified atom stereocenters. The molecular weight excluding hydrogens is 486 g/mol. The molecule has 4 rings (SSSR count). The second-order valence-electron chi connectivity index (χ2n) is 8.86. The van der Waals surface area contributed by atoms with E-state index in [2.05, 4.69) is 0 Å². The molecule has 0 aliphatic carbocycles. The van der Waals surface area contributed by atoms with Gasteiger partial charge in [0.25, 0.3) is 11.7 Å². The van der Waals surface area contributed by atoms with Gasteiger partial charge in [-0.15, -0.1) is 0 Å². The van der Waals surface area contributed by atoms with E-state index in [-0.39, 0.29) is 34.9 Å². The van der Waals surface area contributed by atoms with E-state index in [1.807, 2.05) is 20.8 Å². The van der Waals surface area contributed by atoms with Gasteiger partial charge in [0.05, 0.1) is 30.4 Å². The topological polar surface area (TPSA) is 113 Å². The molecular formula is C30H29NO7. The predicted molar refractivity (Wildman–Crippen MR) is 142 cm³/mol. The number of aryl methyl sites for hydroxylation is 1. The third-order valence-corrected chi connectivity index (χ3v) is 6.20. The van der Waals surface area contributed by atoms with Crippen LogP contribution in [-0.4, -0.2) is 41.1 Å². The van der Waals surface area contributed by atoms with Crippen molar-refractivity contribution in [2.24, 2.45) is 0 Å². The maximum Gasteiger partial charge on any atom is 0.338 e. The molecule has 38 heavy (non-hydrogen) atoms. The zero-order valence-corrected chi connectivity index (χ0v) is 21.4. The molecule has 0 spiro atoms. The summed E-state index contributed by atoms with van der Waals surface area (Å²) in [6.07, 6.45) is 0.659. The lowest BCUT2D eigenvalue weighted by Gasteiger charge is -2.26. The van der Waals surface area contributed by atoms with Gasteiger partial charge in [-0.1, -0.05) is 25.1 Å². The number of amides is 1. The van der Waals surface area contributed by atoms with Gasteiger partial charge in [0.15, 0.2) is 0 Å². The van der Waals surface area contributed by atoms with Crippen molar-refractivity contribution in [3.63, 3.8) is 0 Å². The number of benzene rings is 3. The van der Waals surface area contributed by atoms with E-state index in [1.54, 1.807) is 48.5 Å². The van der Waals surface area contributed by atoms with E-state index in [1.165, 1.54) is 23.1 Å². The molecule has 8 heteroatoms. The summed E-state index contributed by atoms with van der Waals surface area (Å²) in [7, 11) is 0. The summed E-state index contributed by atoms with van der Waals surface area (Å²) in [5.41, 5.74) is 2.00. The lowest BCUT2D eigenvalue weighted by atomic mass is 9.94. The van der Waals surface area contributed by atoms with Crippen LogP contribution >= 0.6 is 0 Å². The lowest BCUT2D eigenvalue weighted by molar-refractivity contribution is -0.132. The smallest absolute Gasteiger partial charge is 0.338 e. The van der Waals surface area contributed by atoms with Crippen molar-refractivity contribution in [1.82, 2.24) is 0 Å². The number of Topliss-reactive ketones (excluding diaryl/α,β-unsaturated/α-hetero) is 1. The van der Waals surface area contributed by atoms with Crippen molar-refractivity contribution in [3.8, 4) is 11.5 Å². The second-order valence-corrected chi connectivity index (χ2v) is 8.86. The Balaban J connectivity index is 1.86. The number of aromatic hydroxyl groups is 1. The average Bonchev–Trinajstić information content (AvgIpc) is 3.18. The van der Waals surface area contributed by atoms with Crippen LogP contribution in [0, 0.1) is 6.92 Å². The number of esters is 1. The van der Waals surface area contributed by atoms with E-state index in [0.29, 0.717) is 29.9 Å². The maximum atomic E-state index is 13.4. The Morgan fingerprint density at radius 2 is 1.71 bits per heavy atom. The molecule has 1 heterocycles. The van der Waals surface area contributed by atoms with E-state index in [0.717, 1.165) is 5.56 Å². The van der Waals surface area contributed by atoms with Crippen molar-refractivity contribution >= 4 is 29.1 Å². The molecule has 1 saturated heterocycles. The minimum atomic E-state index is -1.01. The summed E-state index contributed by atoms with van der Waals surface area (Å²) >= 11 is 0. The van der Waals surface area contributed by atoms with Gasteiger partial charge in [-0.05, 0) is 79.9 Å². The standard InChI is InChI=1S/C30H29NO7/c1-4-15-38-30(36)21-7-6-8-22(17-21)31-26(19-9-12-23(32)13-10-19)25(28(34)29(31)35)27(33)20-11-14-24(37-5-2)18(3)16-20/h6-14,16-17,26,32-33H,4-5,15H2,1-3H3/b27-25+. The molecule has 2 N–H and O–H groups in total. The van der Waals surface area contributed by atoms with Crippen LogP contribution in [0.1, 0.15) is 53.4 Å². The molecule has 8 nitrogen and oxygen atoms in total. The van der Waals surface area contributed by atoms with Crippen LogP contribution in [0.5, 0.6) is 11.5 Å². The zero-order valence-electron chi connectivity index (χ0n) is 21.4. The molecule has 1 aliphatic heterocycles. The molecule has 3 aromatic carbocycles. The fraction of sp³-hybridized carbons (Fsp3) is 0.233. The summed E-state index contributed by atoms with van der Waals surface area (Å²) < 4.78 is 10.8. The molecule has 3 aromatic rings. The third-order valence-electron chi connectivity index (χ3n) is 6.20. The normalized spacial score (nSPS) is 16.5. The Labute approximate surface area is 220 Å². The second kappa shape index (κ2) is 11.2. The molecule has 0 bridgehead atoms. The van der Waals surface area contributed by atoms with Gasteiger partial charge >= 0.3 is 5.97 Å². The SMILES string of the molecule is CCCOC(=O)c1cccc(N2C(=O)C(=O)/C(=C(/O)c3ccc(OCC)c(C)c3)C2c2ccc(O)cc2)c1. The first kappa shape index (κ1) is 26.5. The number of carbonyl (C=O) groups is 3. The number of aliphatic hydroxyl groups is 1. The number of carbonyl (C=O) groups excluding carboxylic acids is 3. The highest BCUT2D eigenvalue weighted by atomic mass is 16.5. The Bertz CT molecular complexity index is 1410. The number of phenols is 1. The van der Waals surface area contributed by atoms with Gasteiger partial charge in [-0.3, -0.25) is 14.5 Å². The lowest BCUT2D eigenvalue weighted by Crippen LogP contribution is -2.29. The largest absolute Gasteiger partial charge is 0.508 e. The van der Waals surface area contributed by atoms with E-state index < -0.39 is 23.7 Å². The fourth-order valence-electron chi connectivity index (χ4n) is 4.40. The van der Waals surface area contributed by atoms with Gasteiger partial charge in [-0.2, -0.15) is 0 Å². The van der Waals surface area contributed by atoms with Crippen LogP contribution in [-0.2, 0) is 14.3 Å². The molecule has 1 atom stereocenters. The van der Waals surface area contributed by atoms with Gasteiger partial charge < -0.3 is 19.7 Å². The van der Waals surface area contributed by atoms with Crippen LogP contribution in [0.15, 0.2) is 72.3 Å². The van der Waals surface area contributed by atoms with Crippen LogP contribution in [0.25, 0.3) is 5.76 Å². The van der Waals surface area contributed by atoms with Crippen LogP contribution in [0.2, 0.25) is 0 Å². The van der Waals surface area contributed by atoms with Crippen molar-refractivity contribution in [1.29, 1.82) is 0 Å². The molecule has 1 amide bonds. The van der Waals surface area contributed by atoms with Gasteiger partial charge in [0.1, 0.15) is 17.3 Å². The fourth-order valence-corrected chi connectivity index (χ4v) is 4.40. The number of hydrogen-bond donors (Lipinski definition) is 2. The summed E-state index contributed by atoms with van der Waals surface area (Å²) in [5, 5.41) is 21.2. The first-order valence-electron chi connectivity index (χ1n) is 12.4. The number of ether oxygens (including phenoxy) is 2. The number of rotatable bonds is 8. The summed E-state index contributed by atoms with van der Waals surface area (Å²) in [6.45, 7) is 6.30. The summed E-state index contributed by atoms with van der Waals surface area (Å²) in [6, 6.07) is 16.3. The predicted octanol–water partition coefficient (Wildman–Crippen LogP) is 5.29. The Morgan fingerprint density at radius 3 is 2.37 bits per heavy atom. The highest BCUT2D eigenvalue weighted by molar-refractivity contribution is 6.51. The quantitative estimate of drug-likeness (QED) is 0.181. The molecule has 196 valence electrons. The van der Waals surface area contributed by atoms with Gasteiger partial charge in [0, 0.05) is 11.3 Å². The number of aliphatic hydroxyl groups excluding tert-OH is 1. The highest BCUT2D eigenvalue weighted by Gasteiger charge is 2.47. The van der Waals surface area contributed by atoms with Gasteiger partial charge in [-0.25, -0.2) is 4.79 Å². The number of phenolic OH excluding ortho intramolecular Hbond substituents is 1. The minimum Gasteiger partial charge on any atom is -0.508 e. The molecule has 0 radical (unpaired) electrons. The molecule has 0 saturated carbocycles. The Morgan fingerprint density at radius 1 is 0.974 bits per heavy atom. The van der Waals surface area contributed by atoms with Crippen molar-refractivity contribution < 1.29 is 34.1 Å². The highest BCUT2D eigenvalue weighted by Crippen LogP contribution is 2.43. The first-order chi connectivity index (χ1) is 18.3. The average molecular weight is 516 g/mol. The Hall–Kier alpha value is -4.59. The zero-order chi connectivity index (χ0) is 27.4. The monoisotopic (exact) mass is 515 g/mol. The van der Waals surface area contributed by atoms with E-state index in [4.69, 9.17) is 9.47 Å².